The molecule has 0 spiro atoms. The molecule has 0 unspecified atom stereocenters. The number of hydrogen-bond donors (Lipinski definition) is 1. The van der Waals surface area contributed by atoms with Gasteiger partial charge in [0.1, 0.15) is 5.58 Å². The average molecular weight is 444 g/mol. The molecule has 0 saturated heterocycles. The molecular formula is C21H18ClN3O4S. The lowest BCUT2D eigenvalue weighted by molar-refractivity contribution is 0.0998. The number of fused-ring (bicyclic) bond motifs is 1. The first-order valence-electron chi connectivity index (χ1n) is 8.98. The number of hydrogen-bond acceptors (Lipinski definition) is 7. The summed E-state index contributed by atoms with van der Waals surface area (Å²) in [6.45, 7) is 3.71. The highest BCUT2D eigenvalue weighted by Gasteiger charge is 2.20. The maximum absolute atomic E-state index is 12.8. The number of furan rings is 1. The number of aryl methyl sites for hydroxylation is 2. The van der Waals surface area contributed by atoms with E-state index in [4.69, 9.17) is 25.5 Å². The van der Waals surface area contributed by atoms with Crippen LogP contribution in [-0.2, 0) is 0 Å². The molecule has 2 heterocycles. The zero-order valence-corrected chi connectivity index (χ0v) is 18.3. The van der Waals surface area contributed by atoms with Crippen molar-refractivity contribution in [2.75, 3.05) is 19.5 Å². The molecule has 0 aliphatic heterocycles. The summed E-state index contributed by atoms with van der Waals surface area (Å²) in [7, 11) is 3.13. The number of aromatic nitrogens is 2. The Morgan fingerprint density at radius 1 is 1.13 bits per heavy atom. The van der Waals surface area contributed by atoms with E-state index in [0.29, 0.717) is 38.6 Å². The van der Waals surface area contributed by atoms with Crippen LogP contribution in [0.3, 0.4) is 0 Å². The van der Waals surface area contributed by atoms with Gasteiger partial charge in [0.15, 0.2) is 23.1 Å². The number of nitrogens with one attached hydrogen (secondary N) is 1. The van der Waals surface area contributed by atoms with Gasteiger partial charge in [-0.25, -0.2) is 0 Å². The molecule has 0 radical (unpaired) electrons. The Labute approximate surface area is 181 Å². The number of ether oxygens (including phenoxy) is 2. The summed E-state index contributed by atoms with van der Waals surface area (Å²) in [4.78, 5) is 17.2. The Balaban J connectivity index is 1.59. The zero-order chi connectivity index (χ0) is 21.4. The van der Waals surface area contributed by atoms with Crippen molar-refractivity contribution < 1.29 is 18.7 Å². The molecule has 154 valence electrons. The van der Waals surface area contributed by atoms with Crippen LogP contribution >= 0.6 is 23.1 Å². The van der Waals surface area contributed by atoms with E-state index in [2.05, 4.69) is 14.7 Å². The van der Waals surface area contributed by atoms with Crippen molar-refractivity contribution >= 4 is 45.1 Å². The molecule has 0 aliphatic rings. The lowest BCUT2D eigenvalue weighted by Crippen LogP contribution is -2.11. The number of anilines is 1. The Morgan fingerprint density at radius 3 is 2.63 bits per heavy atom. The normalized spacial score (nSPS) is 11.0. The van der Waals surface area contributed by atoms with Gasteiger partial charge in [-0.05, 0) is 49.7 Å². The smallest absolute Gasteiger partial charge is 0.293 e. The van der Waals surface area contributed by atoms with Crippen molar-refractivity contribution in [1.29, 1.82) is 0 Å². The SMILES string of the molecule is COc1ccc(-c2nsc(NC(=O)c3oc4cc(C)c(Cl)cc4c3C)n2)cc1OC. The maximum atomic E-state index is 12.8. The molecule has 9 heteroatoms. The van der Waals surface area contributed by atoms with E-state index in [1.54, 1.807) is 26.4 Å². The number of halogens is 1. The summed E-state index contributed by atoms with van der Waals surface area (Å²) in [5, 5.41) is 4.55. The average Bonchev–Trinajstić information content (AvgIpc) is 3.33. The predicted molar refractivity (Wildman–Crippen MR) is 117 cm³/mol. The number of carbonyl (C=O) groups excluding carboxylic acids is 1. The summed E-state index contributed by atoms with van der Waals surface area (Å²) in [6.07, 6.45) is 0. The Morgan fingerprint density at radius 2 is 1.90 bits per heavy atom. The van der Waals surface area contributed by atoms with Crippen molar-refractivity contribution in [2.45, 2.75) is 13.8 Å². The summed E-state index contributed by atoms with van der Waals surface area (Å²) in [5.41, 5.74) is 2.96. The highest BCUT2D eigenvalue weighted by molar-refractivity contribution is 7.10. The van der Waals surface area contributed by atoms with Gasteiger partial charge in [0, 0.05) is 33.1 Å². The van der Waals surface area contributed by atoms with Crippen LogP contribution in [0.25, 0.3) is 22.4 Å². The van der Waals surface area contributed by atoms with Crippen molar-refractivity contribution in [1.82, 2.24) is 9.36 Å². The molecule has 0 fully saturated rings. The van der Waals surface area contributed by atoms with Crippen LogP contribution in [0.2, 0.25) is 5.02 Å². The highest BCUT2D eigenvalue weighted by atomic mass is 35.5. The second-order valence-corrected chi connectivity index (χ2v) is 7.76. The van der Waals surface area contributed by atoms with Gasteiger partial charge in [0.2, 0.25) is 5.13 Å². The molecule has 7 nitrogen and oxygen atoms in total. The van der Waals surface area contributed by atoms with E-state index in [0.717, 1.165) is 28.0 Å². The van der Waals surface area contributed by atoms with Crippen LogP contribution < -0.4 is 14.8 Å². The number of nitrogens with zero attached hydrogens (tertiary/aromatic N) is 2. The van der Waals surface area contributed by atoms with Crippen molar-refractivity contribution in [3.63, 3.8) is 0 Å². The fourth-order valence-corrected chi connectivity index (χ4v) is 3.83. The second-order valence-electron chi connectivity index (χ2n) is 6.60. The Kier molecular flexibility index (Phi) is 5.36. The molecule has 0 atom stereocenters. The minimum Gasteiger partial charge on any atom is -0.493 e. The molecule has 0 saturated carbocycles. The fourth-order valence-electron chi connectivity index (χ4n) is 3.08. The molecule has 2 aromatic heterocycles. The number of benzene rings is 2. The zero-order valence-electron chi connectivity index (χ0n) is 16.7. The molecule has 30 heavy (non-hydrogen) atoms. The fraction of sp³-hybridized carbons (Fsp3) is 0.190. The largest absolute Gasteiger partial charge is 0.493 e. The molecule has 4 aromatic rings. The van der Waals surface area contributed by atoms with Gasteiger partial charge in [-0.1, -0.05) is 11.6 Å². The van der Waals surface area contributed by atoms with E-state index in [9.17, 15) is 4.79 Å². The van der Waals surface area contributed by atoms with Gasteiger partial charge >= 0.3 is 0 Å². The third kappa shape index (κ3) is 3.59. The van der Waals surface area contributed by atoms with Gasteiger partial charge in [-0.2, -0.15) is 9.36 Å². The third-order valence-electron chi connectivity index (χ3n) is 4.71. The topological polar surface area (TPSA) is 86.5 Å². The van der Waals surface area contributed by atoms with Gasteiger partial charge in [-0.3, -0.25) is 10.1 Å². The van der Waals surface area contributed by atoms with Crippen molar-refractivity contribution in [2.24, 2.45) is 0 Å². The molecule has 0 bridgehead atoms. The maximum Gasteiger partial charge on any atom is 0.293 e. The predicted octanol–water partition coefficient (Wildman–Crippen LogP) is 5.49. The summed E-state index contributed by atoms with van der Waals surface area (Å²) < 4.78 is 20.7. The lowest BCUT2D eigenvalue weighted by Gasteiger charge is -2.07. The van der Waals surface area contributed by atoms with Gasteiger partial charge < -0.3 is 13.9 Å². The van der Waals surface area contributed by atoms with E-state index in [-0.39, 0.29) is 5.76 Å². The van der Waals surface area contributed by atoms with Gasteiger partial charge in [0.05, 0.1) is 14.2 Å². The van der Waals surface area contributed by atoms with E-state index < -0.39 is 5.91 Å². The number of carbonyl (C=O) groups is 1. The quantitative estimate of drug-likeness (QED) is 0.438. The van der Waals surface area contributed by atoms with E-state index >= 15 is 0 Å². The molecule has 1 N–H and O–H groups in total. The van der Waals surface area contributed by atoms with Gasteiger partial charge in [-0.15, -0.1) is 0 Å². The molecular weight excluding hydrogens is 426 g/mol. The Hall–Kier alpha value is -3.10. The van der Waals surface area contributed by atoms with Crippen LogP contribution in [0.15, 0.2) is 34.7 Å². The first-order chi connectivity index (χ1) is 14.4. The van der Waals surface area contributed by atoms with Crippen LogP contribution in [0, 0.1) is 13.8 Å². The van der Waals surface area contributed by atoms with Crippen molar-refractivity contribution in [3.05, 3.63) is 52.2 Å². The molecule has 1 amide bonds. The monoisotopic (exact) mass is 443 g/mol. The number of rotatable bonds is 5. The minimum atomic E-state index is -0.396. The first-order valence-corrected chi connectivity index (χ1v) is 10.1. The van der Waals surface area contributed by atoms with Crippen LogP contribution in [0.4, 0.5) is 5.13 Å². The first kappa shape index (κ1) is 20.2. The van der Waals surface area contributed by atoms with Crippen LogP contribution in [0.5, 0.6) is 11.5 Å². The van der Waals surface area contributed by atoms with Crippen molar-refractivity contribution in [3.8, 4) is 22.9 Å². The summed E-state index contributed by atoms with van der Waals surface area (Å²) >= 11 is 7.28. The number of amides is 1. The number of methoxy groups -OCH3 is 2. The molecule has 4 rings (SSSR count). The molecule has 0 aliphatic carbocycles. The van der Waals surface area contributed by atoms with Crippen LogP contribution in [-0.4, -0.2) is 29.5 Å². The minimum absolute atomic E-state index is 0.217. The second kappa shape index (κ2) is 7.97. The summed E-state index contributed by atoms with van der Waals surface area (Å²) in [6, 6.07) is 9.01. The summed E-state index contributed by atoms with van der Waals surface area (Å²) in [5.74, 6) is 1.48. The van der Waals surface area contributed by atoms with Crippen LogP contribution in [0.1, 0.15) is 21.7 Å². The van der Waals surface area contributed by atoms with E-state index in [1.807, 2.05) is 32.0 Å². The Bertz CT molecular complexity index is 1260. The van der Waals surface area contributed by atoms with E-state index in [1.165, 1.54) is 0 Å². The standard InChI is InChI=1S/C21H18ClN3O4S/c1-10-7-16-13(9-14(10)22)11(2)18(29-16)20(26)24-21-23-19(25-30-21)12-5-6-15(27-3)17(8-12)28-4/h5-9H,1-4H3,(H,23,24,25,26). The lowest BCUT2D eigenvalue weighted by atomic mass is 10.1. The third-order valence-corrected chi connectivity index (χ3v) is 5.75. The highest BCUT2D eigenvalue weighted by Crippen LogP contribution is 2.33. The van der Waals surface area contributed by atoms with Gasteiger partial charge in [0.25, 0.3) is 5.91 Å². The molecule has 2 aromatic carbocycles.